The van der Waals surface area contributed by atoms with Gasteiger partial charge in [0.1, 0.15) is 35.0 Å². The average molecular weight is 402 g/mol. The molecule has 0 saturated carbocycles. The van der Waals surface area contributed by atoms with Gasteiger partial charge in [-0.1, -0.05) is 30.3 Å². The normalized spacial score (nSPS) is 10.6. The molecule has 6 heteroatoms. The van der Waals surface area contributed by atoms with Crippen LogP contribution in [0.2, 0.25) is 0 Å². The van der Waals surface area contributed by atoms with E-state index in [-0.39, 0.29) is 11.3 Å². The molecule has 0 N–H and O–H groups in total. The molecule has 3 aromatic carbocycles. The van der Waals surface area contributed by atoms with E-state index >= 15 is 0 Å². The largest absolute Gasteiger partial charge is 0.497 e. The number of carbonyl (C=O) groups is 1. The zero-order valence-corrected chi connectivity index (χ0v) is 16.2. The molecule has 4 rings (SSSR count). The first-order chi connectivity index (χ1) is 14.6. The lowest BCUT2D eigenvalue weighted by Crippen LogP contribution is -2.18. The van der Waals surface area contributed by atoms with Crippen molar-refractivity contribution in [2.45, 2.75) is 6.61 Å². The Hall–Kier alpha value is -4.06. The Kier molecular flexibility index (Phi) is 5.48. The Bertz CT molecular complexity index is 1230. The maximum absolute atomic E-state index is 12.5. The summed E-state index contributed by atoms with van der Waals surface area (Å²) in [5.41, 5.74) is 0.450. The number of rotatable bonds is 6. The highest BCUT2D eigenvalue weighted by Gasteiger charge is 2.16. The van der Waals surface area contributed by atoms with Crippen LogP contribution in [-0.2, 0) is 6.61 Å². The first-order valence-corrected chi connectivity index (χ1v) is 9.23. The summed E-state index contributed by atoms with van der Waals surface area (Å²) in [4.78, 5) is 24.7. The lowest BCUT2D eigenvalue weighted by atomic mass is 10.2. The third kappa shape index (κ3) is 4.33. The van der Waals surface area contributed by atoms with Gasteiger partial charge in [-0.25, -0.2) is 9.59 Å². The summed E-state index contributed by atoms with van der Waals surface area (Å²) in [6.07, 6.45) is 0. The molecule has 0 unspecified atom stereocenters. The van der Waals surface area contributed by atoms with E-state index in [0.29, 0.717) is 29.1 Å². The van der Waals surface area contributed by atoms with Gasteiger partial charge in [-0.3, -0.25) is 0 Å². The van der Waals surface area contributed by atoms with Crippen LogP contribution in [0.4, 0.5) is 0 Å². The van der Waals surface area contributed by atoms with E-state index in [4.69, 9.17) is 18.6 Å². The quantitative estimate of drug-likeness (QED) is 0.267. The minimum absolute atomic E-state index is 0.194. The van der Waals surface area contributed by atoms with E-state index in [1.807, 2.05) is 30.3 Å². The summed E-state index contributed by atoms with van der Waals surface area (Å²) in [5, 5.41) is 0.561. The highest BCUT2D eigenvalue weighted by molar-refractivity contribution is 5.94. The number of esters is 1. The predicted octanol–water partition coefficient (Wildman–Crippen LogP) is 4.60. The van der Waals surface area contributed by atoms with Crippen molar-refractivity contribution in [3.05, 3.63) is 100 Å². The van der Waals surface area contributed by atoms with Crippen LogP contribution >= 0.6 is 0 Å². The van der Waals surface area contributed by atoms with E-state index in [1.54, 1.807) is 42.5 Å². The smallest absolute Gasteiger partial charge is 0.351 e. The van der Waals surface area contributed by atoms with Gasteiger partial charge in [0.2, 0.25) is 0 Å². The van der Waals surface area contributed by atoms with Crippen molar-refractivity contribution in [1.82, 2.24) is 0 Å². The Labute approximate surface area is 172 Å². The molecule has 0 aliphatic heterocycles. The second-order valence-corrected chi connectivity index (χ2v) is 6.49. The molecule has 0 saturated heterocycles. The van der Waals surface area contributed by atoms with Gasteiger partial charge in [0.05, 0.1) is 7.11 Å². The summed E-state index contributed by atoms with van der Waals surface area (Å²) < 4.78 is 21.4. The van der Waals surface area contributed by atoms with Crippen molar-refractivity contribution in [2.75, 3.05) is 7.11 Å². The molecular weight excluding hydrogens is 384 g/mol. The van der Waals surface area contributed by atoms with Crippen molar-refractivity contribution in [1.29, 1.82) is 0 Å². The number of fused-ring (bicyclic) bond motifs is 1. The van der Waals surface area contributed by atoms with Crippen molar-refractivity contribution >= 4 is 16.9 Å². The summed E-state index contributed by atoms with van der Waals surface area (Å²) in [6.45, 7) is 0.432. The summed E-state index contributed by atoms with van der Waals surface area (Å²) in [5.74, 6) is 0.710. The molecule has 0 aliphatic carbocycles. The Morgan fingerprint density at radius 2 is 1.57 bits per heavy atom. The van der Waals surface area contributed by atoms with Gasteiger partial charge >= 0.3 is 11.6 Å². The fourth-order valence-electron chi connectivity index (χ4n) is 2.88. The minimum Gasteiger partial charge on any atom is -0.497 e. The van der Waals surface area contributed by atoms with Gasteiger partial charge in [-0.2, -0.15) is 0 Å². The van der Waals surface area contributed by atoms with E-state index in [1.165, 1.54) is 13.2 Å². The second kappa shape index (κ2) is 8.53. The van der Waals surface area contributed by atoms with Gasteiger partial charge in [-0.05, 0) is 54.1 Å². The monoisotopic (exact) mass is 402 g/mol. The van der Waals surface area contributed by atoms with E-state index in [9.17, 15) is 9.59 Å². The highest BCUT2D eigenvalue weighted by atomic mass is 16.5. The lowest BCUT2D eigenvalue weighted by Gasteiger charge is -2.08. The van der Waals surface area contributed by atoms with E-state index in [0.717, 1.165) is 5.56 Å². The molecule has 0 radical (unpaired) electrons. The van der Waals surface area contributed by atoms with Crippen LogP contribution in [0.5, 0.6) is 17.2 Å². The molecular formula is C24H18O6. The van der Waals surface area contributed by atoms with Crippen LogP contribution in [0.15, 0.2) is 88.1 Å². The molecule has 6 nitrogen and oxygen atoms in total. The average Bonchev–Trinajstić information content (AvgIpc) is 2.78. The number of hydrogen-bond acceptors (Lipinski definition) is 6. The molecule has 0 bridgehead atoms. The number of hydrogen-bond donors (Lipinski definition) is 0. The van der Waals surface area contributed by atoms with Gasteiger partial charge in [0.25, 0.3) is 0 Å². The van der Waals surface area contributed by atoms with Crippen LogP contribution in [0, 0.1) is 0 Å². The van der Waals surface area contributed by atoms with Crippen molar-refractivity contribution in [3.63, 3.8) is 0 Å². The van der Waals surface area contributed by atoms with Gasteiger partial charge in [0, 0.05) is 5.39 Å². The highest BCUT2D eigenvalue weighted by Crippen LogP contribution is 2.22. The molecule has 0 atom stereocenters. The molecule has 0 fully saturated rings. The van der Waals surface area contributed by atoms with Crippen LogP contribution in [-0.4, -0.2) is 13.1 Å². The molecule has 0 amide bonds. The maximum atomic E-state index is 12.5. The van der Waals surface area contributed by atoms with E-state index < -0.39 is 11.6 Å². The Morgan fingerprint density at radius 1 is 0.867 bits per heavy atom. The molecule has 0 aliphatic rings. The Balaban J connectivity index is 1.47. The topological polar surface area (TPSA) is 75.0 Å². The predicted molar refractivity (Wildman–Crippen MR) is 111 cm³/mol. The first-order valence-electron chi connectivity index (χ1n) is 9.23. The molecule has 150 valence electrons. The molecule has 1 heterocycles. The van der Waals surface area contributed by atoms with Gasteiger partial charge in [-0.15, -0.1) is 0 Å². The minimum atomic E-state index is -0.800. The number of ether oxygens (including phenoxy) is 3. The fourth-order valence-corrected chi connectivity index (χ4v) is 2.88. The summed E-state index contributed by atoms with van der Waals surface area (Å²) >= 11 is 0. The molecule has 0 spiro atoms. The molecule has 30 heavy (non-hydrogen) atoms. The van der Waals surface area contributed by atoms with E-state index in [2.05, 4.69) is 0 Å². The lowest BCUT2D eigenvalue weighted by molar-refractivity contribution is 0.0730. The van der Waals surface area contributed by atoms with Crippen LogP contribution in [0.25, 0.3) is 11.0 Å². The summed E-state index contributed by atoms with van der Waals surface area (Å²) in [6, 6.07) is 22.8. The SMILES string of the molecule is COc1ccc2oc(=O)c(C(=O)Oc3ccc(OCc4ccccc4)cc3)cc2c1. The van der Waals surface area contributed by atoms with Crippen LogP contribution in [0.1, 0.15) is 15.9 Å². The summed E-state index contributed by atoms with van der Waals surface area (Å²) in [7, 11) is 1.53. The maximum Gasteiger partial charge on any atom is 0.351 e. The van der Waals surface area contributed by atoms with Gasteiger partial charge in [0.15, 0.2) is 0 Å². The number of methoxy groups -OCH3 is 1. The second-order valence-electron chi connectivity index (χ2n) is 6.49. The molecule has 4 aromatic rings. The third-order valence-corrected chi connectivity index (χ3v) is 4.44. The third-order valence-electron chi connectivity index (χ3n) is 4.44. The van der Waals surface area contributed by atoms with Crippen molar-refractivity contribution in [2.24, 2.45) is 0 Å². The number of carbonyl (C=O) groups excluding carboxylic acids is 1. The standard InChI is InChI=1S/C24H18O6/c1-27-20-11-12-22-17(13-20)14-21(24(26)30-22)23(25)29-19-9-7-18(8-10-19)28-15-16-5-3-2-4-6-16/h2-14H,15H2,1H3. The molecule has 1 aromatic heterocycles. The first kappa shape index (κ1) is 19.3. The van der Waals surface area contributed by atoms with Crippen molar-refractivity contribution < 1.29 is 23.4 Å². The van der Waals surface area contributed by atoms with Crippen molar-refractivity contribution in [3.8, 4) is 17.2 Å². The van der Waals surface area contributed by atoms with Gasteiger partial charge < -0.3 is 18.6 Å². The van der Waals surface area contributed by atoms with Crippen LogP contribution < -0.4 is 19.8 Å². The fraction of sp³-hybridized carbons (Fsp3) is 0.0833. The Morgan fingerprint density at radius 3 is 2.30 bits per heavy atom. The zero-order valence-electron chi connectivity index (χ0n) is 16.2. The van der Waals surface area contributed by atoms with Crippen LogP contribution in [0.3, 0.4) is 0 Å². The number of benzene rings is 3. The zero-order chi connectivity index (χ0) is 20.9.